The van der Waals surface area contributed by atoms with Crippen LogP contribution in [-0.2, 0) is 0 Å². The van der Waals surface area contributed by atoms with Crippen molar-refractivity contribution in [3.8, 4) is 0 Å². The highest BCUT2D eigenvalue weighted by Crippen LogP contribution is 2.27. The molecule has 0 amide bonds. The van der Waals surface area contributed by atoms with E-state index in [0.29, 0.717) is 0 Å². The van der Waals surface area contributed by atoms with Crippen LogP contribution in [0.15, 0.2) is 40.6 Å². The molecule has 1 aliphatic carbocycles. The smallest absolute Gasteiger partial charge is 0.0406 e. The van der Waals surface area contributed by atoms with Crippen LogP contribution in [0.4, 0.5) is 0 Å². The third kappa shape index (κ3) is 3.88. The van der Waals surface area contributed by atoms with Crippen LogP contribution in [0.3, 0.4) is 0 Å². The Balaban J connectivity index is 1.81. The van der Waals surface area contributed by atoms with Crippen molar-refractivity contribution in [2.75, 3.05) is 0 Å². The average Bonchev–Trinajstić information content (AvgIpc) is 2.33. The largest absolute Gasteiger partial charge is 0.0984 e. The molecule has 1 aromatic rings. The first-order valence-corrected chi connectivity index (χ1v) is 7.19. The molecule has 0 radical (unpaired) electrons. The standard InChI is InChI=1S/C14H17ClS/c15-13-6-8-14(9-7-13)16-11-10-12-4-2-1-3-5-12/h6-12H,1-5H2/b11-10+. The fraction of sp³-hybridized carbons (Fsp3) is 0.429. The highest BCUT2D eigenvalue weighted by molar-refractivity contribution is 8.02. The monoisotopic (exact) mass is 252 g/mol. The predicted molar refractivity (Wildman–Crippen MR) is 73.0 cm³/mol. The molecule has 0 spiro atoms. The summed E-state index contributed by atoms with van der Waals surface area (Å²) in [4.78, 5) is 1.26. The molecule has 1 aromatic carbocycles. The molecule has 2 rings (SSSR count). The molecular weight excluding hydrogens is 236 g/mol. The Morgan fingerprint density at radius 3 is 2.44 bits per heavy atom. The van der Waals surface area contributed by atoms with Gasteiger partial charge in [0, 0.05) is 9.92 Å². The first kappa shape index (κ1) is 12.1. The number of hydrogen-bond acceptors (Lipinski definition) is 1. The van der Waals surface area contributed by atoms with Crippen LogP contribution in [0.1, 0.15) is 32.1 Å². The van der Waals surface area contributed by atoms with E-state index in [1.165, 1.54) is 37.0 Å². The highest BCUT2D eigenvalue weighted by atomic mass is 35.5. The molecule has 0 bridgehead atoms. The van der Waals surface area contributed by atoms with Gasteiger partial charge in [-0.3, -0.25) is 0 Å². The Morgan fingerprint density at radius 2 is 1.75 bits per heavy atom. The summed E-state index contributed by atoms with van der Waals surface area (Å²) in [5.74, 6) is 0.813. The van der Waals surface area contributed by atoms with Gasteiger partial charge in [-0.05, 0) is 48.4 Å². The summed E-state index contributed by atoms with van der Waals surface area (Å²) in [5.41, 5.74) is 0. The van der Waals surface area contributed by atoms with Gasteiger partial charge in [0.15, 0.2) is 0 Å². The van der Waals surface area contributed by atoms with Crippen LogP contribution >= 0.6 is 23.4 Å². The van der Waals surface area contributed by atoms with E-state index in [1.54, 1.807) is 11.8 Å². The Kier molecular flexibility index (Phi) is 4.80. The van der Waals surface area contributed by atoms with Crippen LogP contribution in [-0.4, -0.2) is 0 Å². The molecule has 0 atom stereocenters. The Hall–Kier alpha value is -0.400. The lowest BCUT2D eigenvalue weighted by Gasteiger charge is -2.17. The van der Waals surface area contributed by atoms with Crippen molar-refractivity contribution in [1.29, 1.82) is 0 Å². The van der Waals surface area contributed by atoms with Gasteiger partial charge in [0.05, 0.1) is 0 Å². The second-order valence-corrected chi connectivity index (χ2v) is 5.71. The van der Waals surface area contributed by atoms with E-state index in [9.17, 15) is 0 Å². The van der Waals surface area contributed by atoms with Gasteiger partial charge in [-0.2, -0.15) is 0 Å². The number of allylic oxidation sites excluding steroid dienone is 1. The number of rotatable bonds is 3. The molecule has 86 valence electrons. The SMILES string of the molecule is Clc1ccc(S/C=C/C2CCCCC2)cc1. The summed E-state index contributed by atoms with van der Waals surface area (Å²) in [6, 6.07) is 8.02. The molecule has 1 fully saturated rings. The number of hydrogen-bond donors (Lipinski definition) is 0. The summed E-state index contributed by atoms with van der Waals surface area (Å²) in [6.07, 6.45) is 9.35. The molecular formula is C14H17ClS. The number of thioether (sulfide) groups is 1. The van der Waals surface area contributed by atoms with Gasteiger partial charge in [0.2, 0.25) is 0 Å². The molecule has 16 heavy (non-hydrogen) atoms. The van der Waals surface area contributed by atoms with Crippen molar-refractivity contribution in [1.82, 2.24) is 0 Å². The molecule has 0 nitrogen and oxygen atoms in total. The minimum atomic E-state index is 0.806. The van der Waals surface area contributed by atoms with Crippen LogP contribution in [0.25, 0.3) is 0 Å². The van der Waals surface area contributed by atoms with Crippen molar-refractivity contribution in [3.05, 3.63) is 40.8 Å². The molecule has 1 aliphatic rings. The lowest BCUT2D eigenvalue weighted by atomic mass is 9.90. The van der Waals surface area contributed by atoms with Gasteiger partial charge in [-0.1, -0.05) is 48.7 Å². The molecule has 2 heteroatoms. The lowest BCUT2D eigenvalue weighted by Crippen LogP contribution is -2.01. The van der Waals surface area contributed by atoms with Crippen molar-refractivity contribution in [2.24, 2.45) is 5.92 Å². The topological polar surface area (TPSA) is 0 Å². The third-order valence-corrected chi connectivity index (χ3v) is 4.11. The summed E-state index contributed by atoms with van der Waals surface area (Å²) in [6.45, 7) is 0. The summed E-state index contributed by atoms with van der Waals surface area (Å²) >= 11 is 7.62. The summed E-state index contributed by atoms with van der Waals surface area (Å²) < 4.78 is 0. The van der Waals surface area contributed by atoms with Gasteiger partial charge in [-0.25, -0.2) is 0 Å². The second-order valence-electron chi connectivity index (χ2n) is 4.30. The molecule has 1 saturated carbocycles. The van der Waals surface area contributed by atoms with E-state index in [0.717, 1.165) is 10.9 Å². The quantitative estimate of drug-likeness (QED) is 0.638. The van der Waals surface area contributed by atoms with E-state index in [2.05, 4.69) is 23.6 Å². The highest BCUT2D eigenvalue weighted by Gasteiger charge is 2.09. The molecule has 0 aliphatic heterocycles. The van der Waals surface area contributed by atoms with Crippen LogP contribution < -0.4 is 0 Å². The number of benzene rings is 1. The minimum Gasteiger partial charge on any atom is -0.0984 e. The second kappa shape index (κ2) is 6.36. The van der Waals surface area contributed by atoms with Crippen LogP contribution in [0, 0.1) is 5.92 Å². The van der Waals surface area contributed by atoms with Gasteiger partial charge >= 0.3 is 0 Å². The maximum atomic E-state index is 5.84. The average molecular weight is 253 g/mol. The molecule has 0 unspecified atom stereocenters. The predicted octanol–water partition coefficient (Wildman–Crippen LogP) is 5.53. The zero-order chi connectivity index (χ0) is 11.2. The maximum absolute atomic E-state index is 5.84. The number of halogens is 1. The van der Waals surface area contributed by atoms with Crippen molar-refractivity contribution in [2.45, 2.75) is 37.0 Å². The van der Waals surface area contributed by atoms with Crippen LogP contribution in [0.2, 0.25) is 5.02 Å². The van der Waals surface area contributed by atoms with Gasteiger partial charge in [0.1, 0.15) is 0 Å². The zero-order valence-corrected chi connectivity index (χ0v) is 10.9. The lowest BCUT2D eigenvalue weighted by molar-refractivity contribution is 0.420. The molecule has 0 heterocycles. The van der Waals surface area contributed by atoms with Crippen molar-refractivity contribution < 1.29 is 0 Å². The fourth-order valence-electron chi connectivity index (χ4n) is 2.07. The van der Waals surface area contributed by atoms with E-state index in [1.807, 2.05) is 12.1 Å². The zero-order valence-electron chi connectivity index (χ0n) is 9.36. The Labute approximate surface area is 107 Å². The summed E-state index contributed by atoms with van der Waals surface area (Å²) in [7, 11) is 0. The Morgan fingerprint density at radius 1 is 1.06 bits per heavy atom. The molecule has 0 N–H and O–H groups in total. The normalized spacial score (nSPS) is 18.1. The molecule has 0 aromatic heterocycles. The maximum Gasteiger partial charge on any atom is 0.0406 e. The van der Waals surface area contributed by atoms with E-state index < -0.39 is 0 Å². The van der Waals surface area contributed by atoms with Crippen LogP contribution in [0.5, 0.6) is 0 Å². The van der Waals surface area contributed by atoms with E-state index in [4.69, 9.17) is 11.6 Å². The Bertz CT molecular complexity index is 336. The van der Waals surface area contributed by atoms with E-state index in [-0.39, 0.29) is 0 Å². The van der Waals surface area contributed by atoms with Crippen molar-refractivity contribution in [3.63, 3.8) is 0 Å². The van der Waals surface area contributed by atoms with Gasteiger partial charge < -0.3 is 0 Å². The first-order chi connectivity index (χ1) is 7.84. The minimum absolute atomic E-state index is 0.806. The fourth-order valence-corrected chi connectivity index (χ4v) is 2.95. The summed E-state index contributed by atoms with van der Waals surface area (Å²) in [5, 5.41) is 3.04. The van der Waals surface area contributed by atoms with Gasteiger partial charge in [0.25, 0.3) is 0 Å². The van der Waals surface area contributed by atoms with E-state index >= 15 is 0 Å². The van der Waals surface area contributed by atoms with Gasteiger partial charge in [-0.15, -0.1) is 0 Å². The first-order valence-electron chi connectivity index (χ1n) is 5.93. The molecule has 0 saturated heterocycles. The third-order valence-electron chi connectivity index (χ3n) is 3.02. The van der Waals surface area contributed by atoms with Crippen molar-refractivity contribution >= 4 is 23.4 Å².